The van der Waals surface area contributed by atoms with E-state index in [1.54, 1.807) is 0 Å². The summed E-state index contributed by atoms with van der Waals surface area (Å²) in [6, 6.07) is 0. The molecule has 0 aliphatic heterocycles. The Labute approximate surface area is 266 Å². The molecule has 1 rings (SSSR count). The SMILES string of the molecule is CC(=O)N(C)c1c(I)c(C(=O)NCCCC(=O)OC(C(F)(F)F)C(F)(F)S(=O)(=O)[O-])c(I)c(N(C)C(C)=O)c1I. The van der Waals surface area contributed by atoms with E-state index in [1.165, 1.54) is 37.7 Å². The van der Waals surface area contributed by atoms with E-state index < -0.39 is 52.4 Å². The van der Waals surface area contributed by atoms with Crippen LogP contribution in [-0.2, 0) is 29.2 Å². The maximum atomic E-state index is 13.5. The quantitative estimate of drug-likeness (QED) is 0.123. The van der Waals surface area contributed by atoms with Crippen LogP contribution in [0, 0.1) is 10.7 Å². The van der Waals surface area contributed by atoms with Crippen molar-refractivity contribution in [3.63, 3.8) is 0 Å². The molecule has 20 heteroatoms. The third-order valence-corrected chi connectivity index (χ3v) is 9.14. The van der Waals surface area contributed by atoms with Gasteiger partial charge in [-0.1, -0.05) is 0 Å². The molecule has 0 spiro atoms. The number of nitrogens with zero attached hydrogens (tertiary/aromatic N) is 2. The molecule has 0 fully saturated rings. The van der Waals surface area contributed by atoms with Crippen molar-refractivity contribution >= 4 is 113 Å². The molecule has 0 aliphatic carbocycles. The van der Waals surface area contributed by atoms with E-state index in [9.17, 15) is 54.1 Å². The highest BCUT2D eigenvalue weighted by atomic mass is 127. The first-order valence-electron chi connectivity index (χ1n) is 10.5. The molecule has 40 heavy (non-hydrogen) atoms. The van der Waals surface area contributed by atoms with Gasteiger partial charge in [0.2, 0.25) is 11.8 Å². The largest absolute Gasteiger partial charge is 0.743 e. The van der Waals surface area contributed by atoms with Crippen molar-refractivity contribution in [3.8, 4) is 0 Å². The summed E-state index contributed by atoms with van der Waals surface area (Å²) in [6.07, 6.45) is -12.0. The maximum Gasteiger partial charge on any atom is 0.432 e. The first-order chi connectivity index (χ1) is 18.0. The van der Waals surface area contributed by atoms with Crippen molar-refractivity contribution < 1.29 is 58.8 Å². The summed E-state index contributed by atoms with van der Waals surface area (Å²) in [7, 11) is -3.92. The number of nitrogens with one attached hydrogen (secondary N) is 1. The van der Waals surface area contributed by atoms with Crippen molar-refractivity contribution in [1.82, 2.24) is 5.32 Å². The number of rotatable bonds is 10. The molecule has 0 saturated heterocycles. The molecule has 1 aromatic rings. The number of ether oxygens (including phenoxy) is 1. The van der Waals surface area contributed by atoms with E-state index in [1.807, 2.05) is 67.8 Å². The summed E-state index contributed by atoms with van der Waals surface area (Å²) in [4.78, 5) is 51.5. The van der Waals surface area contributed by atoms with Crippen LogP contribution >= 0.6 is 67.8 Å². The summed E-state index contributed by atoms with van der Waals surface area (Å²) in [6.45, 7) is 2.18. The fourth-order valence-electron chi connectivity index (χ4n) is 2.91. The summed E-state index contributed by atoms with van der Waals surface area (Å²) < 4.78 is 102. The molecule has 11 nitrogen and oxygen atoms in total. The third-order valence-electron chi connectivity index (χ3n) is 5.14. The Balaban J connectivity index is 3.18. The fourth-order valence-corrected chi connectivity index (χ4v) is 8.46. The molecule has 0 aromatic heterocycles. The number of carbonyl (C=O) groups is 4. The Morgan fingerprint density at radius 2 is 1.35 bits per heavy atom. The van der Waals surface area contributed by atoms with Crippen LogP contribution in [0.1, 0.15) is 37.0 Å². The zero-order valence-electron chi connectivity index (χ0n) is 20.8. The fraction of sp³-hybridized carbons (Fsp3) is 0.500. The Morgan fingerprint density at radius 3 is 1.70 bits per heavy atom. The average Bonchev–Trinajstić information content (AvgIpc) is 2.78. The molecule has 0 radical (unpaired) electrons. The van der Waals surface area contributed by atoms with Gasteiger partial charge in [0.05, 0.1) is 27.6 Å². The number of benzene rings is 1. The van der Waals surface area contributed by atoms with Gasteiger partial charge in [-0.2, -0.15) is 22.0 Å². The Kier molecular flexibility index (Phi) is 12.8. The van der Waals surface area contributed by atoms with Gasteiger partial charge in [-0.15, -0.1) is 0 Å². The molecule has 226 valence electrons. The highest BCUT2D eigenvalue weighted by Crippen LogP contribution is 2.42. The number of anilines is 2. The number of carbonyl (C=O) groups excluding carboxylic acids is 4. The van der Waals surface area contributed by atoms with Gasteiger partial charge in [0, 0.05) is 40.9 Å². The molecule has 3 amide bonds. The van der Waals surface area contributed by atoms with E-state index in [4.69, 9.17) is 0 Å². The van der Waals surface area contributed by atoms with Gasteiger partial charge in [0.15, 0.2) is 10.1 Å². The van der Waals surface area contributed by atoms with Crippen molar-refractivity contribution in [3.05, 3.63) is 16.3 Å². The van der Waals surface area contributed by atoms with Crippen LogP contribution in [0.4, 0.5) is 33.3 Å². The average molecular weight is 938 g/mol. The zero-order valence-corrected chi connectivity index (χ0v) is 28.1. The molecule has 0 heterocycles. The standard InChI is InChI=1S/C20H21F5I3N3O8S/c1-8(32)30(3)15-12(26)11(13(27)16(14(15)28)31(4)9(2)33)17(35)29-7-5-6-10(34)39-18(19(21,22)23)20(24,25)40(36,37)38/h18H,5-7H2,1-4H3,(H,29,35)(H,36,37,38)/p-1. The molecular formula is C20H20F5I3N3O8S-. The molecule has 1 aromatic carbocycles. The lowest BCUT2D eigenvalue weighted by molar-refractivity contribution is -0.259. The lowest BCUT2D eigenvalue weighted by Crippen LogP contribution is -2.52. The third kappa shape index (κ3) is 8.45. The Morgan fingerprint density at radius 1 is 0.925 bits per heavy atom. The van der Waals surface area contributed by atoms with Crippen LogP contribution < -0.4 is 15.1 Å². The second-order valence-electron chi connectivity index (χ2n) is 7.96. The lowest BCUT2D eigenvalue weighted by Gasteiger charge is -2.29. The van der Waals surface area contributed by atoms with Crippen molar-refractivity contribution in [1.29, 1.82) is 0 Å². The van der Waals surface area contributed by atoms with E-state index in [0.29, 0.717) is 22.1 Å². The molecule has 0 aliphatic rings. The normalized spacial score (nSPS) is 12.9. The number of halogens is 8. The lowest BCUT2D eigenvalue weighted by atomic mass is 10.1. The van der Waals surface area contributed by atoms with E-state index in [0.717, 1.165) is 0 Å². The summed E-state index contributed by atoms with van der Waals surface area (Å²) in [5.74, 6) is -3.42. The number of esters is 1. The van der Waals surface area contributed by atoms with Gasteiger partial charge in [-0.05, 0) is 74.2 Å². The van der Waals surface area contributed by atoms with Crippen LogP contribution in [0.25, 0.3) is 0 Å². The first-order valence-corrected chi connectivity index (χ1v) is 15.2. The number of hydrogen-bond acceptors (Lipinski definition) is 8. The van der Waals surface area contributed by atoms with Crippen LogP contribution in [0.15, 0.2) is 0 Å². The molecule has 1 atom stereocenters. The zero-order chi connectivity index (χ0) is 31.5. The minimum absolute atomic E-state index is 0.0350. The van der Waals surface area contributed by atoms with Crippen LogP contribution in [0.3, 0.4) is 0 Å². The number of amides is 3. The number of hydrogen-bond donors (Lipinski definition) is 1. The van der Waals surface area contributed by atoms with Crippen LogP contribution in [-0.4, -0.2) is 74.8 Å². The molecule has 0 saturated carbocycles. The van der Waals surface area contributed by atoms with Crippen molar-refractivity contribution in [2.24, 2.45) is 0 Å². The van der Waals surface area contributed by atoms with Gasteiger partial charge in [-0.3, -0.25) is 19.2 Å². The minimum Gasteiger partial charge on any atom is -0.743 e. The molecule has 0 bridgehead atoms. The molecular weight excluding hydrogens is 918 g/mol. The van der Waals surface area contributed by atoms with Gasteiger partial charge < -0.3 is 24.4 Å². The molecule has 1 N–H and O–H groups in total. The predicted molar refractivity (Wildman–Crippen MR) is 155 cm³/mol. The van der Waals surface area contributed by atoms with E-state index in [-0.39, 0.29) is 23.9 Å². The topological polar surface area (TPSA) is 153 Å². The van der Waals surface area contributed by atoms with Gasteiger partial charge in [0.25, 0.3) is 12.0 Å². The maximum absolute atomic E-state index is 13.5. The summed E-state index contributed by atoms with van der Waals surface area (Å²) in [5.41, 5.74) is 0.671. The monoisotopic (exact) mass is 938 g/mol. The summed E-state index contributed by atoms with van der Waals surface area (Å²) >= 11 is 5.58. The minimum atomic E-state index is -6.83. The summed E-state index contributed by atoms with van der Waals surface area (Å²) in [5, 5.41) is -3.57. The van der Waals surface area contributed by atoms with Crippen LogP contribution in [0.5, 0.6) is 0 Å². The highest BCUT2D eigenvalue weighted by Gasteiger charge is 2.62. The van der Waals surface area contributed by atoms with E-state index in [2.05, 4.69) is 10.1 Å². The Bertz CT molecular complexity index is 1260. The Hall–Kier alpha value is -1.15. The second kappa shape index (κ2) is 13.9. The predicted octanol–water partition coefficient (Wildman–Crippen LogP) is 3.59. The second-order valence-corrected chi connectivity index (χ2v) is 12.6. The van der Waals surface area contributed by atoms with Crippen LogP contribution in [0.2, 0.25) is 0 Å². The van der Waals surface area contributed by atoms with Gasteiger partial charge >= 0.3 is 17.4 Å². The van der Waals surface area contributed by atoms with Gasteiger partial charge in [0.1, 0.15) is 0 Å². The van der Waals surface area contributed by atoms with Crippen molar-refractivity contribution in [2.45, 2.75) is 44.2 Å². The highest BCUT2D eigenvalue weighted by molar-refractivity contribution is 14.1. The smallest absolute Gasteiger partial charge is 0.432 e. The van der Waals surface area contributed by atoms with Gasteiger partial charge in [-0.25, -0.2) is 8.42 Å². The molecule has 1 unspecified atom stereocenters. The van der Waals surface area contributed by atoms with E-state index >= 15 is 0 Å². The first kappa shape index (κ1) is 36.9. The van der Waals surface area contributed by atoms with Crippen molar-refractivity contribution in [2.75, 3.05) is 30.4 Å². The number of alkyl halides is 5.